The Hall–Kier alpha value is -2.83. The van der Waals surface area contributed by atoms with Crippen LogP contribution in [-0.2, 0) is 11.3 Å². The predicted octanol–water partition coefficient (Wildman–Crippen LogP) is 6.83. The summed E-state index contributed by atoms with van der Waals surface area (Å²) in [5.74, 6) is 2.00. The summed E-state index contributed by atoms with van der Waals surface area (Å²) in [6.45, 7) is 2.10. The van der Waals surface area contributed by atoms with E-state index < -0.39 is 0 Å². The van der Waals surface area contributed by atoms with E-state index in [2.05, 4.69) is 26.6 Å². The summed E-state index contributed by atoms with van der Waals surface area (Å²) in [6.07, 6.45) is 2.33. The van der Waals surface area contributed by atoms with Gasteiger partial charge in [-0.2, -0.15) is 0 Å². The number of carbonyl (C=O) groups is 1. The molecule has 1 aliphatic rings. The maximum absolute atomic E-state index is 12.9. The Balaban J connectivity index is 1.30. The first-order chi connectivity index (χ1) is 16.6. The standard InChI is InChI=1S/C27H25BrClN3O2/c28-22-7-1-3-9-24(22)32-18-19(17-26(32)33)27-30-23-8-2-4-10-25(23)31(27)15-5-6-16-34-21-13-11-20(29)12-14-21/h1-4,7-14,19H,5-6,15-18H2. The van der Waals surface area contributed by atoms with Gasteiger partial charge in [-0.25, -0.2) is 4.98 Å². The van der Waals surface area contributed by atoms with Crippen molar-refractivity contribution < 1.29 is 9.53 Å². The van der Waals surface area contributed by atoms with Gasteiger partial charge in [0, 0.05) is 34.9 Å². The van der Waals surface area contributed by atoms with Crippen molar-refractivity contribution in [3.05, 3.63) is 88.1 Å². The van der Waals surface area contributed by atoms with Gasteiger partial charge in [0.05, 0.1) is 23.3 Å². The molecule has 1 atom stereocenters. The van der Waals surface area contributed by atoms with Crippen molar-refractivity contribution in [2.24, 2.45) is 0 Å². The molecule has 4 aromatic rings. The lowest BCUT2D eigenvalue weighted by Gasteiger charge is -2.18. The predicted molar refractivity (Wildman–Crippen MR) is 140 cm³/mol. The van der Waals surface area contributed by atoms with Crippen LogP contribution in [0.5, 0.6) is 5.75 Å². The van der Waals surface area contributed by atoms with Gasteiger partial charge >= 0.3 is 0 Å². The normalized spacial score (nSPS) is 15.9. The van der Waals surface area contributed by atoms with E-state index in [0.29, 0.717) is 24.6 Å². The van der Waals surface area contributed by atoms with Gasteiger partial charge in [0.2, 0.25) is 5.91 Å². The van der Waals surface area contributed by atoms with Crippen LogP contribution < -0.4 is 9.64 Å². The molecule has 1 saturated heterocycles. The molecule has 0 spiro atoms. The number of halogens is 2. The van der Waals surface area contributed by atoms with E-state index >= 15 is 0 Å². The third kappa shape index (κ3) is 4.84. The Bertz CT molecular complexity index is 1300. The highest BCUT2D eigenvalue weighted by Gasteiger charge is 2.35. The topological polar surface area (TPSA) is 47.4 Å². The first-order valence-corrected chi connectivity index (χ1v) is 12.7. The lowest BCUT2D eigenvalue weighted by Crippen LogP contribution is -2.25. The number of fused-ring (bicyclic) bond motifs is 1. The molecule has 1 fully saturated rings. The average molecular weight is 539 g/mol. The van der Waals surface area contributed by atoms with Crippen molar-refractivity contribution in [1.82, 2.24) is 9.55 Å². The number of hydrogen-bond donors (Lipinski definition) is 0. The Kier molecular flexibility index (Phi) is 6.88. The van der Waals surface area contributed by atoms with Crippen LogP contribution in [0.2, 0.25) is 5.02 Å². The van der Waals surface area contributed by atoms with Crippen LogP contribution >= 0.6 is 27.5 Å². The second-order valence-corrected chi connectivity index (χ2v) is 9.77. The number of carbonyl (C=O) groups excluding carboxylic acids is 1. The molecule has 5 nitrogen and oxygen atoms in total. The lowest BCUT2D eigenvalue weighted by molar-refractivity contribution is -0.117. The van der Waals surface area contributed by atoms with Crippen LogP contribution in [-0.4, -0.2) is 28.6 Å². The molecule has 1 unspecified atom stereocenters. The number of aryl methyl sites for hydroxylation is 1. The molecule has 0 bridgehead atoms. The van der Waals surface area contributed by atoms with Gasteiger partial charge in [-0.05, 0) is 77.3 Å². The molecule has 0 aliphatic carbocycles. The third-order valence-corrected chi connectivity index (χ3v) is 7.10. The van der Waals surface area contributed by atoms with Crippen LogP contribution in [0.4, 0.5) is 5.69 Å². The Labute approximate surface area is 212 Å². The van der Waals surface area contributed by atoms with Gasteiger partial charge in [0.25, 0.3) is 0 Å². The highest BCUT2D eigenvalue weighted by atomic mass is 79.9. The number of rotatable bonds is 8. The zero-order valence-electron chi connectivity index (χ0n) is 18.7. The summed E-state index contributed by atoms with van der Waals surface area (Å²) < 4.78 is 9.07. The second-order valence-electron chi connectivity index (χ2n) is 8.48. The van der Waals surface area contributed by atoms with Crippen molar-refractivity contribution in [2.75, 3.05) is 18.1 Å². The summed E-state index contributed by atoms with van der Waals surface area (Å²) in [7, 11) is 0. The Morgan fingerprint density at radius 2 is 1.76 bits per heavy atom. The fraction of sp³-hybridized carbons (Fsp3) is 0.259. The molecular formula is C27H25BrClN3O2. The number of anilines is 1. The highest BCUT2D eigenvalue weighted by molar-refractivity contribution is 9.10. The molecule has 1 aliphatic heterocycles. The number of benzene rings is 3. The van der Waals surface area contributed by atoms with Gasteiger partial charge in [0.1, 0.15) is 11.6 Å². The molecule has 7 heteroatoms. The summed E-state index contributed by atoms with van der Waals surface area (Å²) in [4.78, 5) is 19.8. The summed E-state index contributed by atoms with van der Waals surface area (Å²) >= 11 is 9.53. The van der Waals surface area contributed by atoms with Crippen molar-refractivity contribution in [2.45, 2.75) is 31.7 Å². The van der Waals surface area contributed by atoms with Gasteiger partial charge in [0.15, 0.2) is 0 Å². The first kappa shape index (κ1) is 22.9. The second kappa shape index (κ2) is 10.2. The monoisotopic (exact) mass is 537 g/mol. The third-order valence-electron chi connectivity index (χ3n) is 6.18. The number of hydrogen-bond acceptors (Lipinski definition) is 3. The molecule has 3 aromatic carbocycles. The summed E-state index contributed by atoms with van der Waals surface area (Å²) in [5.41, 5.74) is 3.00. The molecule has 2 heterocycles. The SMILES string of the molecule is O=C1CC(c2nc3ccccc3n2CCCCOc2ccc(Cl)cc2)CN1c1ccccc1Br. The molecule has 174 valence electrons. The van der Waals surface area contributed by atoms with E-state index in [1.807, 2.05) is 71.6 Å². The van der Waals surface area contributed by atoms with Crippen molar-refractivity contribution in [3.8, 4) is 5.75 Å². The molecule has 0 N–H and O–H groups in total. The molecule has 5 rings (SSSR count). The maximum Gasteiger partial charge on any atom is 0.227 e. The number of imidazole rings is 1. The zero-order chi connectivity index (χ0) is 23.5. The average Bonchev–Trinajstić information content (AvgIpc) is 3.41. The van der Waals surface area contributed by atoms with Crippen LogP contribution in [0.25, 0.3) is 11.0 Å². The number of ether oxygens (including phenoxy) is 1. The minimum Gasteiger partial charge on any atom is -0.494 e. The number of nitrogens with zero attached hydrogens (tertiary/aromatic N) is 3. The maximum atomic E-state index is 12.9. The van der Waals surface area contributed by atoms with Gasteiger partial charge < -0.3 is 14.2 Å². The number of aromatic nitrogens is 2. The largest absolute Gasteiger partial charge is 0.494 e. The van der Waals surface area contributed by atoms with Crippen molar-refractivity contribution >= 4 is 50.2 Å². The fourth-order valence-electron chi connectivity index (χ4n) is 4.52. The van der Waals surface area contributed by atoms with Gasteiger partial charge in [-0.1, -0.05) is 35.9 Å². The molecule has 1 amide bonds. The minimum absolute atomic E-state index is 0.0531. The fourth-order valence-corrected chi connectivity index (χ4v) is 5.14. The zero-order valence-corrected chi connectivity index (χ0v) is 21.0. The van der Waals surface area contributed by atoms with Crippen LogP contribution in [0.15, 0.2) is 77.3 Å². The number of unbranched alkanes of at least 4 members (excludes halogenated alkanes) is 1. The lowest BCUT2D eigenvalue weighted by atomic mass is 10.1. The Morgan fingerprint density at radius 1 is 1.00 bits per heavy atom. The van der Waals surface area contributed by atoms with Gasteiger partial charge in [-0.15, -0.1) is 0 Å². The van der Waals surface area contributed by atoms with Crippen molar-refractivity contribution in [1.29, 1.82) is 0 Å². The smallest absolute Gasteiger partial charge is 0.227 e. The quantitative estimate of drug-likeness (QED) is 0.231. The molecule has 34 heavy (non-hydrogen) atoms. The van der Waals surface area contributed by atoms with E-state index in [4.69, 9.17) is 21.3 Å². The van der Waals surface area contributed by atoms with Crippen molar-refractivity contribution in [3.63, 3.8) is 0 Å². The molecule has 0 saturated carbocycles. The highest BCUT2D eigenvalue weighted by Crippen LogP contribution is 2.36. The first-order valence-electron chi connectivity index (χ1n) is 11.5. The van der Waals surface area contributed by atoms with E-state index in [9.17, 15) is 4.79 Å². The van der Waals surface area contributed by atoms with Crippen LogP contribution in [0.3, 0.4) is 0 Å². The summed E-state index contributed by atoms with van der Waals surface area (Å²) in [5, 5.41) is 0.704. The van der Waals surface area contributed by atoms with Gasteiger partial charge in [-0.3, -0.25) is 4.79 Å². The molecular weight excluding hydrogens is 514 g/mol. The Morgan fingerprint density at radius 3 is 2.59 bits per heavy atom. The summed E-state index contributed by atoms with van der Waals surface area (Å²) in [6, 6.07) is 23.5. The number of amides is 1. The molecule has 1 aromatic heterocycles. The number of para-hydroxylation sites is 3. The minimum atomic E-state index is 0.0531. The van der Waals surface area contributed by atoms with E-state index in [1.54, 1.807) is 0 Å². The van der Waals surface area contributed by atoms with Crippen LogP contribution in [0.1, 0.15) is 31.0 Å². The van der Waals surface area contributed by atoms with E-state index in [0.717, 1.165) is 52.2 Å². The molecule has 0 radical (unpaired) electrons. The van der Waals surface area contributed by atoms with E-state index in [-0.39, 0.29) is 11.8 Å². The van der Waals surface area contributed by atoms with E-state index in [1.165, 1.54) is 0 Å². The van der Waals surface area contributed by atoms with Crippen LogP contribution in [0, 0.1) is 0 Å².